The Bertz CT molecular complexity index is 1070. The number of hydrogen-bond acceptors (Lipinski definition) is 4. The standard InChI is InChI=1S/C21H20ClNO3S/c1-12-4-5-18(17(22)6-12)23-20(24)11-27-10-15-9-21(25)26-19-8-14(3)13(2)7-16(15)19/h4-9H,10-11H2,1-3H3,(H,23,24). The number of nitrogens with one attached hydrogen (secondary N) is 1. The molecule has 27 heavy (non-hydrogen) atoms. The number of fused-ring (bicyclic) bond motifs is 1. The number of thioether (sulfide) groups is 1. The minimum absolute atomic E-state index is 0.134. The fraction of sp³-hybridized carbons (Fsp3) is 0.238. The fourth-order valence-electron chi connectivity index (χ4n) is 2.76. The second kappa shape index (κ2) is 8.19. The molecule has 140 valence electrons. The Labute approximate surface area is 166 Å². The predicted octanol–water partition coefficient (Wildman–Crippen LogP) is 5.24. The number of amides is 1. The van der Waals surface area contributed by atoms with Gasteiger partial charge in [-0.05, 0) is 67.3 Å². The van der Waals surface area contributed by atoms with Crippen molar-refractivity contribution in [3.05, 3.63) is 74.1 Å². The lowest BCUT2D eigenvalue weighted by molar-refractivity contribution is -0.113. The molecular formula is C21H20ClNO3S. The van der Waals surface area contributed by atoms with E-state index in [2.05, 4.69) is 5.32 Å². The van der Waals surface area contributed by atoms with Crippen LogP contribution in [-0.4, -0.2) is 11.7 Å². The summed E-state index contributed by atoms with van der Waals surface area (Å²) in [7, 11) is 0. The first kappa shape index (κ1) is 19.5. The van der Waals surface area contributed by atoms with Crippen molar-refractivity contribution in [2.24, 2.45) is 0 Å². The number of hydrogen-bond donors (Lipinski definition) is 1. The van der Waals surface area contributed by atoms with Gasteiger partial charge in [0.15, 0.2) is 0 Å². The molecule has 1 N–H and O–H groups in total. The fourth-order valence-corrected chi connectivity index (χ4v) is 3.86. The van der Waals surface area contributed by atoms with E-state index >= 15 is 0 Å². The third-order valence-electron chi connectivity index (χ3n) is 4.33. The Hall–Kier alpha value is -2.24. The molecule has 0 fully saturated rings. The van der Waals surface area contributed by atoms with Crippen LogP contribution in [0, 0.1) is 20.8 Å². The summed E-state index contributed by atoms with van der Waals surface area (Å²) in [6.07, 6.45) is 0. The lowest BCUT2D eigenvalue weighted by Crippen LogP contribution is -2.14. The van der Waals surface area contributed by atoms with E-state index in [4.69, 9.17) is 16.0 Å². The topological polar surface area (TPSA) is 59.3 Å². The maximum Gasteiger partial charge on any atom is 0.336 e. The van der Waals surface area contributed by atoms with Crippen LogP contribution in [0.5, 0.6) is 0 Å². The van der Waals surface area contributed by atoms with Gasteiger partial charge in [0.05, 0.1) is 16.5 Å². The summed E-state index contributed by atoms with van der Waals surface area (Å²) in [5, 5.41) is 4.25. The molecule has 0 spiro atoms. The predicted molar refractivity (Wildman–Crippen MR) is 113 cm³/mol. The molecule has 0 saturated heterocycles. The van der Waals surface area contributed by atoms with Gasteiger partial charge in [0.25, 0.3) is 0 Å². The minimum Gasteiger partial charge on any atom is -0.423 e. The van der Waals surface area contributed by atoms with Gasteiger partial charge in [-0.2, -0.15) is 0 Å². The molecule has 4 nitrogen and oxygen atoms in total. The molecule has 0 aliphatic rings. The van der Waals surface area contributed by atoms with E-state index in [0.29, 0.717) is 22.0 Å². The maximum atomic E-state index is 12.2. The Morgan fingerprint density at radius 1 is 1.11 bits per heavy atom. The lowest BCUT2D eigenvalue weighted by Gasteiger charge is -2.09. The third kappa shape index (κ3) is 4.73. The van der Waals surface area contributed by atoms with Crippen LogP contribution in [0.3, 0.4) is 0 Å². The van der Waals surface area contributed by atoms with E-state index in [1.165, 1.54) is 17.8 Å². The molecule has 1 amide bonds. The number of anilines is 1. The zero-order chi connectivity index (χ0) is 19.6. The smallest absolute Gasteiger partial charge is 0.336 e. The molecular weight excluding hydrogens is 382 g/mol. The van der Waals surface area contributed by atoms with Crippen LogP contribution < -0.4 is 10.9 Å². The molecule has 3 rings (SSSR count). The summed E-state index contributed by atoms with van der Waals surface area (Å²) < 4.78 is 5.31. The van der Waals surface area contributed by atoms with Crippen molar-refractivity contribution in [3.8, 4) is 0 Å². The number of carbonyl (C=O) groups excluding carboxylic acids is 1. The van der Waals surface area contributed by atoms with Gasteiger partial charge in [-0.3, -0.25) is 4.79 Å². The summed E-state index contributed by atoms with van der Waals surface area (Å²) in [5.41, 5.74) is 4.92. The number of rotatable bonds is 5. The van der Waals surface area contributed by atoms with Crippen LogP contribution in [0.1, 0.15) is 22.3 Å². The van der Waals surface area contributed by atoms with Gasteiger partial charge < -0.3 is 9.73 Å². The molecule has 0 unspecified atom stereocenters. The highest BCUT2D eigenvalue weighted by molar-refractivity contribution is 7.99. The zero-order valence-electron chi connectivity index (χ0n) is 15.4. The molecule has 6 heteroatoms. The first-order chi connectivity index (χ1) is 12.8. The van der Waals surface area contributed by atoms with Crippen LogP contribution in [-0.2, 0) is 10.5 Å². The summed E-state index contributed by atoms with van der Waals surface area (Å²) >= 11 is 7.59. The van der Waals surface area contributed by atoms with Gasteiger partial charge in [-0.1, -0.05) is 17.7 Å². The van der Waals surface area contributed by atoms with Crippen LogP contribution in [0.15, 0.2) is 45.6 Å². The van der Waals surface area contributed by atoms with Gasteiger partial charge in [0.1, 0.15) is 5.58 Å². The van der Waals surface area contributed by atoms with Crippen LogP contribution in [0.2, 0.25) is 5.02 Å². The quantitative estimate of drug-likeness (QED) is 0.593. The van der Waals surface area contributed by atoms with Gasteiger partial charge in [0, 0.05) is 17.2 Å². The van der Waals surface area contributed by atoms with E-state index in [1.54, 1.807) is 6.07 Å². The maximum absolute atomic E-state index is 12.2. The van der Waals surface area contributed by atoms with Gasteiger partial charge in [0.2, 0.25) is 5.91 Å². The largest absolute Gasteiger partial charge is 0.423 e. The van der Waals surface area contributed by atoms with E-state index in [1.807, 2.05) is 45.0 Å². The molecule has 3 aromatic rings. The van der Waals surface area contributed by atoms with Crippen molar-refractivity contribution in [2.45, 2.75) is 26.5 Å². The summed E-state index contributed by atoms with van der Waals surface area (Å²) in [6, 6.07) is 10.9. The van der Waals surface area contributed by atoms with E-state index < -0.39 is 0 Å². The second-order valence-corrected chi connectivity index (χ2v) is 7.94. The number of carbonyl (C=O) groups is 1. The third-order valence-corrected chi connectivity index (χ3v) is 5.63. The van der Waals surface area contributed by atoms with Crippen molar-refractivity contribution >= 4 is 45.9 Å². The SMILES string of the molecule is Cc1ccc(NC(=O)CSCc2cc(=O)oc3cc(C)c(C)cc23)c(Cl)c1. The molecule has 0 atom stereocenters. The first-order valence-electron chi connectivity index (χ1n) is 8.51. The average Bonchev–Trinajstić information content (AvgIpc) is 2.59. The monoisotopic (exact) mass is 401 g/mol. The summed E-state index contributed by atoms with van der Waals surface area (Å²) in [4.78, 5) is 24.0. The first-order valence-corrected chi connectivity index (χ1v) is 10.0. The minimum atomic E-state index is -0.378. The van der Waals surface area contributed by atoms with Gasteiger partial charge in [-0.25, -0.2) is 4.79 Å². The average molecular weight is 402 g/mol. The normalized spacial score (nSPS) is 11.0. The van der Waals surface area contributed by atoms with Crippen molar-refractivity contribution in [2.75, 3.05) is 11.1 Å². The van der Waals surface area contributed by atoms with Gasteiger partial charge in [-0.15, -0.1) is 11.8 Å². The van der Waals surface area contributed by atoms with Crippen LogP contribution in [0.25, 0.3) is 11.0 Å². The van der Waals surface area contributed by atoms with Crippen molar-refractivity contribution in [3.63, 3.8) is 0 Å². The van der Waals surface area contributed by atoms with Crippen LogP contribution in [0.4, 0.5) is 5.69 Å². The van der Waals surface area contributed by atoms with E-state index in [9.17, 15) is 9.59 Å². The molecule has 2 aromatic carbocycles. The molecule has 0 saturated carbocycles. The Kier molecular flexibility index (Phi) is 5.92. The Morgan fingerprint density at radius 2 is 1.85 bits per heavy atom. The molecule has 1 heterocycles. The number of benzene rings is 2. The van der Waals surface area contributed by atoms with Crippen molar-refractivity contribution < 1.29 is 9.21 Å². The highest BCUT2D eigenvalue weighted by Crippen LogP contribution is 2.26. The zero-order valence-corrected chi connectivity index (χ0v) is 17.0. The molecule has 0 bridgehead atoms. The van der Waals surface area contributed by atoms with Crippen LogP contribution >= 0.6 is 23.4 Å². The lowest BCUT2D eigenvalue weighted by atomic mass is 10.0. The van der Waals surface area contributed by atoms with E-state index in [0.717, 1.165) is 27.6 Å². The summed E-state index contributed by atoms with van der Waals surface area (Å²) in [5.74, 6) is 0.668. The molecule has 1 aromatic heterocycles. The van der Waals surface area contributed by atoms with E-state index in [-0.39, 0.29) is 17.3 Å². The number of halogens is 1. The van der Waals surface area contributed by atoms with Crippen molar-refractivity contribution in [1.82, 2.24) is 0 Å². The summed E-state index contributed by atoms with van der Waals surface area (Å²) in [6.45, 7) is 5.95. The number of aryl methyl sites for hydroxylation is 3. The molecule has 0 aliphatic carbocycles. The highest BCUT2D eigenvalue weighted by Gasteiger charge is 2.10. The van der Waals surface area contributed by atoms with Gasteiger partial charge >= 0.3 is 5.63 Å². The Balaban J connectivity index is 1.69. The highest BCUT2D eigenvalue weighted by atomic mass is 35.5. The Morgan fingerprint density at radius 3 is 2.59 bits per heavy atom. The second-order valence-electron chi connectivity index (χ2n) is 6.55. The molecule has 0 aliphatic heterocycles. The van der Waals surface area contributed by atoms with Crippen molar-refractivity contribution in [1.29, 1.82) is 0 Å². The molecule has 0 radical (unpaired) electrons.